The third-order valence-corrected chi connectivity index (χ3v) is 2.96. The average Bonchev–Trinajstić information content (AvgIpc) is 2.72. The summed E-state index contributed by atoms with van der Waals surface area (Å²) in [5, 5.41) is 4.65. The van der Waals surface area contributed by atoms with Gasteiger partial charge in [-0.15, -0.1) is 0 Å². The van der Waals surface area contributed by atoms with Crippen molar-refractivity contribution in [3.05, 3.63) is 53.2 Å². The Morgan fingerprint density at radius 2 is 2.11 bits per heavy atom. The van der Waals surface area contributed by atoms with Crippen LogP contribution in [0.3, 0.4) is 0 Å². The van der Waals surface area contributed by atoms with Gasteiger partial charge < -0.3 is 0 Å². The zero-order valence-electron chi connectivity index (χ0n) is 9.56. The van der Waals surface area contributed by atoms with Crippen molar-refractivity contribution < 1.29 is 4.39 Å². The van der Waals surface area contributed by atoms with Crippen LogP contribution >= 0.6 is 11.6 Å². The number of fused-ring (bicyclic) bond motifs is 1. The van der Waals surface area contributed by atoms with Gasteiger partial charge in [0, 0.05) is 11.3 Å². The molecule has 0 bridgehead atoms. The van der Waals surface area contributed by atoms with Crippen molar-refractivity contribution >= 4 is 17.2 Å². The van der Waals surface area contributed by atoms with E-state index in [4.69, 9.17) is 11.6 Å². The normalized spacial score (nSPS) is 11.1. The fourth-order valence-corrected chi connectivity index (χ4v) is 2.18. The molecule has 0 fully saturated rings. The number of hydrogen-bond donors (Lipinski definition) is 0. The van der Waals surface area contributed by atoms with Crippen LogP contribution < -0.4 is 0 Å². The summed E-state index contributed by atoms with van der Waals surface area (Å²) < 4.78 is 14.8. The first kappa shape index (κ1) is 11.2. The fourth-order valence-electron chi connectivity index (χ4n) is 1.90. The lowest BCUT2D eigenvalue weighted by Crippen LogP contribution is -1.94. The van der Waals surface area contributed by atoms with Crippen molar-refractivity contribution in [3.8, 4) is 11.1 Å². The third-order valence-electron chi connectivity index (χ3n) is 2.69. The van der Waals surface area contributed by atoms with E-state index in [2.05, 4.69) is 10.1 Å². The van der Waals surface area contributed by atoms with Gasteiger partial charge in [-0.1, -0.05) is 23.7 Å². The minimum absolute atomic E-state index is 0.286. The average molecular weight is 262 g/mol. The summed E-state index contributed by atoms with van der Waals surface area (Å²) in [6, 6.07) is 8.07. The van der Waals surface area contributed by atoms with Gasteiger partial charge in [0.2, 0.25) is 0 Å². The molecule has 0 aliphatic heterocycles. The highest BCUT2D eigenvalue weighted by Crippen LogP contribution is 2.25. The SMILES string of the molecule is Cc1cc(Cl)n2ncc(-c3cccc(F)c3)c2n1. The monoisotopic (exact) mass is 261 g/mol. The Labute approximate surface area is 108 Å². The molecule has 18 heavy (non-hydrogen) atoms. The Balaban J connectivity index is 2.30. The smallest absolute Gasteiger partial charge is 0.164 e. The van der Waals surface area contributed by atoms with Gasteiger partial charge >= 0.3 is 0 Å². The van der Waals surface area contributed by atoms with Crippen LogP contribution in [0.25, 0.3) is 16.8 Å². The number of aromatic nitrogens is 3. The van der Waals surface area contributed by atoms with Gasteiger partial charge in [-0.3, -0.25) is 0 Å². The number of halogens is 2. The van der Waals surface area contributed by atoms with E-state index in [0.717, 1.165) is 16.8 Å². The Bertz CT molecular complexity index is 736. The molecule has 0 saturated carbocycles. The van der Waals surface area contributed by atoms with Crippen LogP contribution in [-0.4, -0.2) is 14.6 Å². The number of benzene rings is 1. The number of nitrogens with zero attached hydrogens (tertiary/aromatic N) is 3. The van der Waals surface area contributed by atoms with Gasteiger partial charge in [0.25, 0.3) is 0 Å². The van der Waals surface area contributed by atoms with E-state index in [1.807, 2.05) is 13.0 Å². The Kier molecular flexibility index (Phi) is 2.52. The maximum atomic E-state index is 13.2. The maximum Gasteiger partial charge on any atom is 0.164 e. The lowest BCUT2D eigenvalue weighted by atomic mass is 10.1. The largest absolute Gasteiger partial charge is 0.233 e. The zero-order chi connectivity index (χ0) is 12.7. The second-order valence-corrected chi connectivity index (χ2v) is 4.41. The summed E-state index contributed by atoms with van der Waals surface area (Å²) in [6.07, 6.45) is 1.64. The van der Waals surface area contributed by atoms with E-state index in [9.17, 15) is 4.39 Å². The van der Waals surface area contributed by atoms with Crippen LogP contribution in [-0.2, 0) is 0 Å². The topological polar surface area (TPSA) is 30.2 Å². The molecule has 0 aliphatic rings. The standard InChI is InChI=1S/C13H9ClFN3/c1-8-5-12(14)18-13(17-8)11(7-16-18)9-3-2-4-10(15)6-9/h2-7H,1H3. The predicted molar refractivity (Wildman–Crippen MR) is 68.1 cm³/mol. The molecule has 1 aromatic carbocycles. The second-order valence-electron chi connectivity index (χ2n) is 4.02. The molecule has 0 unspecified atom stereocenters. The van der Waals surface area contributed by atoms with Gasteiger partial charge in [-0.05, 0) is 30.7 Å². The van der Waals surface area contributed by atoms with Crippen molar-refractivity contribution in [2.75, 3.05) is 0 Å². The van der Waals surface area contributed by atoms with Gasteiger partial charge in [0.05, 0.1) is 6.20 Å². The molecule has 0 atom stereocenters. The van der Waals surface area contributed by atoms with Crippen LogP contribution in [0, 0.1) is 12.7 Å². The Hall–Kier alpha value is -1.94. The number of hydrogen-bond acceptors (Lipinski definition) is 2. The van der Waals surface area contributed by atoms with Gasteiger partial charge in [0.1, 0.15) is 11.0 Å². The quantitative estimate of drug-likeness (QED) is 0.628. The second kappa shape index (κ2) is 4.07. The molecule has 3 aromatic rings. The summed E-state index contributed by atoms with van der Waals surface area (Å²) in [6.45, 7) is 1.86. The van der Waals surface area contributed by atoms with Crippen LogP contribution in [0.1, 0.15) is 5.69 Å². The van der Waals surface area contributed by atoms with E-state index in [1.54, 1.807) is 18.3 Å². The Morgan fingerprint density at radius 1 is 1.28 bits per heavy atom. The zero-order valence-corrected chi connectivity index (χ0v) is 10.3. The molecule has 0 radical (unpaired) electrons. The highest BCUT2D eigenvalue weighted by atomic mass is 35.5. The minimum Gasteiger partial charge on any atom is -0.233 e. The molecular weight excluding hydrogens is 253 g/mol. The van der Waals surface area contributed by atoms with Crippen molar-refractivity contribution in [3.63, 3.8) is 0 Å². The molecule has 2 heterocycles. The van der Waals surface area contributed by atoms with E-state index >= 15 is 0 Å². The van der Waals surface area contributed by atoms with E-state index in [1.165, 1.54) is 16.6 Å². The summed E-state index contributed by atoms with van der Waals surface area (Å²) in [7, 11) is 0. The minimum atomic E-state index is -0.286. The van der Waals surface area contributed by atoms with Crippen molar-refractivity contribution in [1.29, 1.82) is 0 Å². The first-order valence-electron chi connectivity index (χ1n) is 5.42. The van der Waals surface area contributed by atoms with Gasteiger partial charge in [-0.25, -0.2) is 13.9 Å². The van der Waals surface area contributed by atoms with Crippen molar-refractivity contribution in [1.82, 2.24) is 14.6 Å². The van der Waals surface area contributed by atoms with Crippen LogP contribution in [0.4, 0.5) is 4.39 Å². The summed E-state index contributed by atoms with van der Waals surface area (Å²) in [5.41, 5.74) is 2.93. The molecule has 0 saturated heterocycles. The first-order chi connectivity index (χ1) is 8.65. The molecule has 2 aromatic heterocycles. The summed E-state index contributed by atoms with van der Waals surface area (Å²) in [5.74, 6) is -0.286. The van der Waals surface area contributed by atoms with E-state index in [-0.39, 0.29) is 5.82 Å². The van der Waals surface area contributed by atoms with Gasteiger partial charge in [-0.2, -0.15) is 5.10 Å². The predicted octanol–water partition coefficient (Wildman–Crippen LogP) is 3.50. The van der Waals surface area contributed by atoms with Gasteiger partial charge in [0.15, 0.2) is 5.65 Å². The van der Waals surface area contributed by atoms with E-state index < -0.39 is 0 Å². The molecule has 3 nitrogen and oxygen atoms in total. The molecule has 3 rings (SSSR count). The fraction of sp³-hybridized carbons (Fsp3) is 0.0769. The highest BCUT2D eigenvalue weighted by Gasteiger charge is 2.11. The molecular formula is C13H9ClFN3. The molecule has 0 N–H and O–H groups in total. The van der Waals surface area contributed by atoms with E-state index in [0.29, 0.717) is 10.8 Å². The summed E-state index contributed by atoms with van der Waals surface area (Å²) in [4.78, 5) is 4.40. The molecule has 0 amide bonds. The van der Waals surface area contributed by atoms with Crippen LogP contribution in [0.2, 0.25) is 5.15 Å². The number of rotatable bonds is 1. The first-order valence-corrected chi connectivity index (χ1v) is 5.80. The number of aryl methyl sites for hydroxylation is 1. The van der Waals surface area contributed by atoms with Crippen LogP contribution in [0.5, 0.6) is 0 Å². The van der Waals surface area contributed by atoms with Crippen LogP contribution in [0.15, 0.2) is 36.5 Å². The molecule has 0 spiro atoms. The Morgan fingerprint density at radius 3 is 2.89 bits per heavy atom. The van der Waals surface area contributed by atoms with Crippen molar-refractivity contribution in [2.24, 2.45) is 0 Å². The maximum absolute atomic E-state index is 13.2. The summed E-state index contributed by atoms with van der Waals surface area (Å²) >= 11 is 6.08. The lowest BCUT2D eigenvalue weighted by Gasteiger charge is -2.01. The third kappa shape index (κ3) is 1.75. The highest BCUT2D eigenvalue weighted by molar-refractivity contribution is 6.29. The van der Waals surface area contributed by atoms with Crippen molar-refractivity contribution in [2.45, 2.75) is 6.92 Å². The molecule has 90 valence electrons. The molecule has 0 aliphatic carbocycles. The lowest BCUT2D eigenvalue weighted by molar-refractivity contribution is 0.628. The molecule has 5 heteroatoms.